The van der Waals surface area contributed by atoms with E-state index in [2.05, 4.69) is 20.3 Å². The van der Waals surface area contributed by atoms with Crippen LogP contribution in [0.2, 0.25) is 0 Å². The van der Waals surface area contributed by atoms with Gasteiger partial charge in [0.25, 0.3) is 30.4 Å². The summed E-state index contributed by atoms with van der Waals surface area (Å²) in [5.74, 6) is -2.80. The van der Waals surface area contributed by atoms with Gasteiger partial charge in [-0.3, -0.25) is 13.7 Å². The van der Waals surface area contributed by atoms with Crippen molar-refractivity contribution < 1.29 is 57.2 Å². The highest BCUT2D eigenvalue weighted by Crippen LogP contribution is 2.47. The Hall–Kier alpha value is -6.03. The average molecular weight is 956 g/mol. The van der Waals surface area contributed by atoms with Crippen LogP contribution in [-0.4, -0.2) is 103 Å². The third-order valence-electron chi connectivity index (χ3n) is 11.4. The van der Waals surface area contributed by atoms with Gasteiger partial charge in [-0.05, 0) is 18.9 Å². The number of benzene rings is 2. The molecule has 64 heavy (non-hydrogen) atoms. The Kier molecular flexibility index (Phi) is 10.3. The van der Waals surface area contributed by atoms with Crippen LogP contribution in [0.1, 0.15) is 32.6 Å². The second-order valence-electron chi connectivity index (χ2n) is 15.3. The van der Waals surface area contributed by atoms with Crippen LogP contribution in [0.4, 0.5) is 16.4 Å². The van der Waals surface area contributed by atoms with Crippen LogP contribution in [0, 0.1) is 17.8 Å². The number of carboxylic acid groups (broad SMARTS) is 1. The molecule has 5 unspecified atom stereocenters. The number of aliphatic imine (C=N–C) groups is 2. The van der Waals surface area contributed by atoms with Crippen LogP contribution >= 0.6 is 0 Å². The van der Waals surface area contributed by atoms with E-state index >= 15 is 8.42 Å². The molecule has 2 aromatic heterocycles. The highest BCUT2D eigenvalue weighted by molar-refractivity contribution is 7.91. The molecule has 4 aromatic rings. The number of aromatic amines is 2. The van der Waals surface area contributed by atoms with E-state index in [-0.39, 0.29) is 39.4 Å². The number of nitrogens with zero attached hydrogens (tertiary/aromatic N) is 6. The molecule has 1 amide bonds. The average Bonchev–Trinajstić information content (AvgIpc) is 3.96. The Morgan fingerprint density at radius 2 is 1.52 bits per heavy atom. The summed E-state index contributed by atoms with van der Waals surface area (Å²) < 4.78 is 142. The molecule has 5 aliphatic rings. The highest BCUT2D eigenvalue weighted by Gasteiger charge is 2.49. The van der Waals surface area contributed by atoms with E-state index in [0.717, 1.165) is 0 Å². The van der Waals surface area contributed by atoms with Gasteiger partial charge in [0.2, 0.25) is 0 Å². The number of aromatic nitrogens is 2. The maximum atomic E-state index is 15.3. The maximum absolute atomic E-state index is 15.3. The number of anilines is 1. The second kappa shape index (κ2) is 15.3. The Morgan fingerprint density at radius 1 is 0.828 bits per heavy atom. The summed E-state index contributed by atoms with van der Waals surface area (Å²) in [6, 6.07) is 6.95. The van der Waals surface area contributed by atoms with Gasteiger partial charge >= 0.3 is 16.3 Å². The number of fused-ring (bicyclic) bond motifs is 18. The lowest BCUT2D eigenvalue weighted by Crippen LogP contribution is -2.52. The van der Waals surface area contributed by atoms with Crippen molar-refractivity contribution in [3.05, 3.63) is 89.4 Å². The number of amides is 1. The number of nitrogens with one attached hydrogen (secondary N) is 3. The molecule has 0 radical (unpaired) electrons. The number of hydrogen-bond donors (Lipinski definition) is 7. The van der Waals surface area contributed by atoms with E-state index in [1.165, 1.54) is 0 Å². The lowest BCUT2D eigenvalue weighted by Gasteiger charge is -2.34. The predicted molar refractivity (Wildman–Crippen MR) is 230 cm³/mol. The lowest BCUT2D eigenvalue weighted by molar-refractivity contribution is 0.171. The molecule has 7 N–H and O–H groups in total. The third kappa shape index (κ3) is 7.13. The minimum absolute atomic E-state index is 0.0501. The van der Waals surface area contributed by atoms with Gasteiger partial charge in [0.15, 0.2) is 6.17 Å². The lowest BCUT2D eigenvalue weighted by atomic mass is 9.87. The number of unbranched alkanes of at least 4 members (excludes halogenated alkanes) is 2. The van der Waals surface area contributed by atoms with E-state index in [1.54, 1.807) is 49.4 Å². The van der Waals surface area contributed by atoms with E-state index in [1.807, 2.05) is 24.3 Å². The van der Waals surface area contributed by atoms with Crippen molar-refractivity contribution in [1.29, 1.82) is 0 Å². The first-order chi connectivity index (χ1) is 30.2. The van der Waals surface area contributed by atoms with Gasteiger partial charge < -0.3 is 20.4 Å². The van der Waals surface area contributed by atoms with Gasteiger partial charge in [0, 0.05) is 46.0 Å². The summed E-state index contributed by atoms with van der Waals surface area (Å²) in [6.07, 6.45) is 9.58. The number of H-pyrrole nitrogens is 2. The topological polar surface area (TPSA) is 334 Å². The van der Waals surface area contributed by atoms with Crippen molar-refractivity contribution in [1.82, 2.24) is 19.6 Å². The number of allylic oxidation sites excluding steroid dienone is 4. The first kappa shape index (κ1) is 43.2. The molecule has 336 valence electrons. The molecule has 0 saturated carbocycles. The van der Waals surface area contributed by atoms with Gasteiger partial charge in [-0.2, -0.15) is 38.0 Å². The van der Waals surface area contributed by atoms with Crippen LogP contribution in [0.25, 0.3) is 21.5 Å². The minimum Gasteiger partial charge on any atom is -0.464 e. The number of amidine groups is 2. The molecule has 0 saturated heterocycles. The smallest absolute Gasteiger partial charge is 0.422 e. The molecular weight excluding hydrogens is 919 g/mol. The highest BCUT2D eigenvalue weighted by atomic mass is 32.2. The van der Waals surface area contributed by atoms with E-state index < -0.39 is 109 Å². The first-order valence-corrected chi connectivity index (χ1v) is 25.3. The standard InChI is InChI=1S/C38H37N9O13S4/c1-2-3-10-17-46(38(48)49)64(59,60)47-36-24-16-9-8-15-23(24)34(44-36)42-32-20-12-5-4-11-19(20)30(40-32)39-31-21-13-6-7-14-22(21)33(41-31)43-35-27-25(37(47)45-35)18-26(61(50,51)52)28(62(53,54)55)29(27)63(56,57)58/h4-7,9,11-16,18-20,24,32,36,45H,2-3,8,10,17H2,1H3,(H,42,44)(H,48,49)(H,50,51,52)(H,53,54,55)(H,56,57,58)(H,39,40,41,43). The van der Waals surface area contributed by atoms with Crippen LogP contribution < -0.4 is 20.6 Å². The zero-order valence-corrected chi connectivity index (χ0v) is 36.4. The van der Waals surface area contributed by atoms with Crippen LogP contribution in [0.3, 0.4) is 0 Å². The van der Waals surface area contributed by atoms with Crippen LogP contribution in [0.5, 0.6) is 0 Å². The molecule has 22 nitrogen and oxygen atoms in total. The van der Waals surface area contributed by atoms with E-state index in [0.29, 0.717) is 51.8 Å². The molecular formula is C38H37N9O13S4. The molecule has 9 rings (SSSR count). The fourth-order valence-corrected chi connectivity index (χ4v) is 13.7. The summed E-state index contributed by atoms with van der Waals surface area (Å²) in [7, 11) is -23.4. The third-order valence-corrected chi connectivity index (χ3v) is 16.2. The molecule has 8 bridgehead atoms. The summed E-state index contributed by atoms with van der Waals surface area (Å²) in [5, 5.41) is 12.8. The van der Waals surface area contributed by atoms with Crippen molar-refractivity contribution in [2.45, 2.75) is 59.6 Å². The van der Waals surface area contributed by atoms with Crippen molar-refractivity contribution >= 4 is 91.5 Å². The van der Waals surface area contributed by atoms with Crippen molar-refractivity contribution in [2.24, 2.45) is 37.7 Å². The summed E-state index contributed by atoms with van der Waals surface area (Å²) in [4.78, 5) is 32.5. The SMILES string of the molecule is CCCCCN(C(=O)O)S(=O)(=O)N1c2[nH]c(c3c(S(=O)(=O)O)c(S(=O)(=O)O)c(S(=O)(=O)O)cc23)N=c2[nH]c(c3ccccc23)=NC2=NC(NC3=NC1C1C=CCC=C31)C1C=CC=CC21. The molecule has 0 spiro atoms. The maximum Gasteiger partial charge on any atom is 0.422 e. The molecule has 5 heterocycles. The molecule has 3 aliphatic heterocycles. The Bertz CT molecular complexity index is 3500. The van der Waals surface area contributed by atoms with Crippen LogP contribution in [-0.2, 0) is 40.6 Å². The van der Waals surface area contributed by atoms with Gasteiger partial charge in [-0.15, -0.1) is 0 Å². The predicted octanol–water partition coefficient (Wildman–Crippen LogP) is 3.12. The van der Waals surface area contributed by atoms with E-state index in [4.69, 9.17) is 15.0 Å². The molecule has 5 atom stereocenters. The molecule has 2 aliphatic carbocycles. The Labute approximate surface area is 364 Å². The van der Waals surface area contributed by atoms with Crippen molar-refractivity contribution in [3.8, 4) is 0 Å². The summed E-state index contributed by atoms with van der Waals surface area (Å²) in [5.41, 5.74) is 0.535. The van der Waals surface area contributed by atoms with Gasteiger partial charge in [-0.1, -0.05) is 86.6 Å². The van der Waals surface area contributed by atoms with Gasteiger partial charge in [-0.25, -0.2) is 29.1 Å². The zero-order valence-electron chi connectivity index (χ0n) is 33.1. The minimum atomic E-state index is -6.02. The summed E-state index contributed by atoms with van der Waals surface area (Å²) >= 11 is 0. The summed E-state index contributed by atoms with van der Waals surface area (Å²) in [6.45, 7) is 1.21. The molecule has 0 fully saturated rings. The Balaban J connectivity index is 1.49. The second-order valence-corrected chi connectivity index (χ2v) is 21.2. The normalized spacial score (nSPS) is 22.8. The number of carbonyl (C=O) groups is 1. The molecule has 2 aromatic carbocycles. The van der Waals surface area contributed by atoms with Crippen LogP contribution in [0.15, 0.2) is 113 Å². The van der Waals surface area contributed by atoms with Gasteiger partial charge in [0.1, 0.15) is 55.1 Å². The fraction of sp³-hybridized carbons (Fsp3) is 0.289. The van der Waals surface area contributed by atoms with E-state index in [9.17, 15) is 48.8 Å². The largest absolute Gasteiger partial charge is 0.464 e. The monoisotopic (exact) mass is 955 g/mol. The van der Waals surface area contributed by atoms with Crippen molar-refractivity contribution in [2.75, 3.05) is 10.8 Å². The molecule has 26 heteroatoms. The number of hydrogen-bond acceptors (Lipinski definition) is 14. The fourth-order valence-electron chi connectivity index (χ4n) is 8.72. The first-order valence-electron chi connectivity index (χ1n) is 19.6. The Morgan fingerprint density at radius 3 is 2.17 bits per heavy atom. The zero-order chi connectivity index (χ0) is 45.7. The quantitative estimate of drug-likeness (QED) is 0.0721. The van der Waals surface area contributed by atoms with Crippen molar-refractivity contribution in [3.63, 3.8) is 0 Å². The van der Waals surface area contributed by atoms with Gasteiger partial charge in [0.05, 0.1) is 5.39 Å². The number of rotatable bonds is 9.